The molecule has 0 spiro atoms. The molecule has 1 heterocycles. The van der Waals surface area contributed by atoms with E-state index in [1.165, 1.54) is 5.56 Å². The number of pyridine rings is 1. The minimum Gasteiger partial charge on any atom is -0.261 e. The van der Waals surface area contributed by atoms with Gasteiger partial charge in [-0.1, -0.05) is 42.5 Å². The molecule has 80 valence electrons. The highest BCUT2D eigenvalue weighted by atomic mass is 14.7. The number of hydrogen-bond acceptors (Lipinski definition) is 1. The van der Waals surface area contributed by atoms with E-state index < -0.39 is 0 Å². The first-order valence-electron chi connectivity index (χ1n) is 5.47. The predicted molar refractivity (Wildman–Crippen MR) is 67.3 cm³/mol. The third-order valence-electron chi connectivity index (χ3n) is 2.67. The first-order chi connectivity index (χ1) is 7.90. The SMILES string of the molecule is C=C[C@H](Cc1ccccn1)c1ccccc1. The molecule has 2 rings (SSSR count). The van der Waals surface area contributed by atoms with Gasteiger partial charge in [0.2, 0.25) is 0 Å². The monoisotopic (exact) mass is 209 g/mol. The Bertz CT molecular complexity index is 434. The lowest BCUT2D eigenvalue weighted by Gasteiger charge is -2.12. The van der Waals surface area contributed by atoms with E-state index in [1.807, 2.05) is 30.5 Å². The van der Waals surface area contributed by atoms with Crippen molar-refractivity contribution in [2.45, 2.75) is 12.3 Å². The molecule has 0 aliphatic rings. The van der Waals surface area contributed by atoms with E-state index in [1.54, 1.807) is 0 Å². The normalized spacial score (nSPS) is 12.0. The van der Waals surface area contributed by atoms with Gasteiger partial charge in [-0.15, -0.1) is 6.58 Å². The third kappa shape index (κ3) is 2.57. The second-order valence-electron chi connectivity index (χ2n) is 3.78. The first-order valence-corrected chi connectivity index (χ1v) is 5.47. The van der Waals surface area contributed by atoms with Crippen LogP contribution in [0.3, 0.4) is 0 Å². The van der Waals surface area contributed by atoms with Crippen molar-refractivity contribution in [3.63, 3.8) is 0 Å². The summed E-state index contributed by atoms with van der Waals surface area (Å²) in [5.74, 6) is 0.344. The van der Waals surface area contributed by atoms with Crippen LogP contribution in [0.25, 0.3) is 0 Å². The third-order valence-corrected chi connectivity index (χ3v) is 2.67. The van der Waals surface area contributed by atoms with Crippen molar-refractivity contribution in [1.29, 1.82) is 0 Å². The van der Waals surface area contributed by atoms with Gasteiger partial charge in [0, 0.05) is 17.8 Å². The van der Waals surface area contributed by atoms with Crippen LogP contribution in [0.5, 0.6) is 0 Å². The highest BCUT2D eigenvalue weighted by Crippen LogP contribution is 2.20. The Hall–Kier alpha value is -1.89. The highest BCUT2D eigenvalue weighted by Gasteiger charge is 2.08. The maximum atomic E-state index is 4.34. The fourth-order valence-corrected chi connectivity index (χ4v) is 1.78. The van der Waals surface area contributed by atoms with Gasteiger partial charge >= 0.3 is 0 Å². The van der Waals surface area contributed by atoms with Gasteiger partial charge in [-0.05, 0) is 24.1 Å². The number of aromatic nitrogens is 1. The molecular formula is C15H15N. The molecule has 1 atom stereocenters. The maximum absolute atomic E-state index is 4.34. The van der Waals surface area contributed by atoms with E-state index in [0.717, 1.165) is 12.1 Å². The summed E-state index contributed by atoms with van der Waals surface area (Å²) in [6, 6.07) is 16.4. The summed E-state index contributed by atoms with van der Waals surface area (Å²) in [6.07, 6.45) is 4.73. The van der Waals surface area contributed by atoms with Gasteiger partial charge < -0.3 is 0 Å². The van der Waals surface area contributed by atoms with Gasteiger partial charge in [0.1, 0.15) is 0 Å². The average Bonchev–Trinajstić information content (AvgIpc) is 2.38. The van der Waals surface area contributed by atoms with Gasteiger partial charge in [0.05, 0.1) is 0 Å². The van der Waals surface area contributed by atoms with Crippen LogP contribution < -0.4 is 0 Å². The standard InChI is InChI=1S/C15H15N/c1-2-13(14-8-4-3-5-9-14)12-15-10-6-7-11-16-15/h2-11,13H,1,12H2/t13-/m1/s1. The van der Waals surface area contributed by atoms with E-state index in [-0.39, 0.29) is 0 Å². The zero-order valence-electron chi connectivity index (χ0n) is 9.21. The van der Waals surface area contributed by atoms with Crippen molar-refractivity contribution in [2.75, 3.05) is 0 Å². The van der Waals surface area contributed by atoms with Crippen LogP contribution in [0.1, 0.15) is 17.2 Å². The second-order valence-corrected chi connectivity index (χ2v) is 3.78. The molecule has 1 nitrogen and oxygen atoms in total. The molecule has 0 aliphatic carbocycles. The molecule has 0 saturated heterocycles. The van der Waals surface area contributed by atoms with Gasteiger partial charge in [0.15, 0.2) is 0 Å². The van der Waals surface area contributed by atoms with Crippen molar-refractivity contribution in [1.82, 2.24) is 4.98 Å². The quantitative estimate of drug-likeness (QED) is 0.701. The maximum Gasteiger partial charge on any atom is 0.0412 e. The second kappa shape index (κ2) is 5.26. The Labute approximate surface area is 96.5 Å². The summed E-state index contributed by atoms with van der Waals surface area (Å²) in [7, 11) is 0. The predicted octanol–water partition coefficient (Wildman–Crippen LogP) is 3.59. The van der Waals surface area contributed by atoms with Gasteiger partial charge in [0.25, 0.3) is 0 Å². The summed E-state index contributed by atoms with van der Waals surface area (Å²) in [4.78, 5) is 4.34. The molecule has 2 aromatic rings. The van der Waals surface area contributed by atoms with Crippen LogP contribution in [-0.4, -0.2) is 4.98 Å². The molecule has 16 heavy (non-hydrogen) atoms. The molecule has 0 fully saturated rings. The summed E-state index contributed by atoms with van der Waals surface area (Å²) in [6.45, 7) is 3.91. The molecule has 1 aromatic carbocycles. The first kappa shape index (κ1) is 10.6. The molecule has 1 aromatic heterocycles. The highest BCUT2D eigenvalue weighted by molar-refractivity contribution is 5.25. The Morgan fingerprint density at radius 3 is 2.44 bits per heavy atom. The van der Waals surface area contributed by atoms with Gasteiger partial charge in [-0.2, -0.15) is 0 Å². The van der Waals surface area contributed by atoms with Crippen molar-refractivity contribution < 1.29 is 0 Å². The van der Waals surface area contributed by atoms with Crippen LogP contribution in [0.4, 0.5) is 0 Å². The van der Waals surface area contributed by atoms with Gasteiger partial charge in [-0.25, -0.2) is 0 Å². The number of benzene rings is 1. The Morgan fingerprint density at radius 1 is 1.06 bits per heavy atom. The van der Waals surface area contributed by atoms with Crippen LogP contribution in [0.2, 0.25) is 0 Å². The van der Waals surface area contributed by atoms with E-state index >= 15 is 0 Å². The molecule has 0 amide bonds. The van der Waals surface area contributed by atoms with Crippen molar-refractivity contribution >= 4 is 0 Å². The molecule has 0 unspecified atom stereocenters. The Morgan fingerprint density at radius 2 is 1.81 bits per heavy atom. The van der Waals surface area contributed by atoms with Crippen LogP contribution >= 0.6 is 0 Å². The molecule has 0 radical (unpaired) electrons. The molecule has 0 aliphatic heterocycles. The lowest BCUT2D eigenvalue weighted by atomic mass is 9.94. The zero-order valence-corrected chi connectivity index (χ0v) is 9.21. The molecule has 0 saturated carbocycles. The van der Waals surface area contributed by atoms with Gasteiger partial charge in [-0.3, -0.25) is 4.98 Å². The molecule has 0 N–H and O–H groups in total. The largest absolute Gasteiger partial charge is 0.261 e. The fraction of sp³-hybridized carbons (Fsp3) is 0.133. The minimum absolute atomic E-state index is 0.344. The summed E-state index contributed by atoms with van der Waals surface area (Å²) >= 11 is 0. The summed E-state index contributed by atoms with van der Waals surface area (Å²) < 4.78 is 0. The van der Waals surface area contributed by atoms with Crippen LogP contribution in [0, 0.1) is 0 Å². The summed E-state index contributed by atoms with van der Waals surface area (Å²) in [5, 5.41) is 0. The lowest BCUT2D eigenvalue weighted by Crippen LogP contribution is -2.00. The number of allylic oxidation sites excluding steroid dienone is 1. The number of nitrogens with zero attached hydrogens (tertiary/aromatic N) is 1. The fourth-order valence-electron chi connectivity index (χ4n) is 1.78. The molecule has 1 heteroatoms. The van der Waals surface area contributed by atoms with E-state index in [9.17, 15) is 0 Å². The number of rotatable bonds is 4. The van der Waals surface area contributed by atoms with Crippen molar-refractivity contribution in [3.05, 3.63) is 78.6 Å². The minimum atomic E-state index is 0.344. The zero-order chi connectivity index (χ0) is 11.2. The molecule has 0 bridgehead atoms. The lowest BCUT2D eigenvalue weighted by molar-refractivity contribution is 0.811. The number of hydrogen-bond donors (Lipinski definition) is 0. The smallest absolute Gasteiger partial charge is 0.0412 e. The molecular weight excluding hydrogens is 194 g/mol. The van der Waals surface area contributed by atoms with Crippen molar-refractivity contribution in [2.24, 2.45) is 0 Å². The average molecular weight is 209 g/mol. The van der Waals surface area contributed by atoms with Crippen LogP contribution in [0.15, 0.2) is 67.4 Å². The Balaban J connectivity index is 2.16. The van der Waals surface area contributed by atoms with E-state index in [2.05, 4.69) is 41.9 Å². The topological polar surface area (TPSA) is 12.9 Å². The summed E-state index contributed by atoms with van der Waals surface area (Å²) in [5.41, 5.74) is 2.40. The van der Waals surface area contributed by atoms with E-state index in [4.69, 9.17) is 0 Å². The van der Waals surface area contributed by atoms with Crippen LogP contribution in [-0.2, 0) is 6.42 Å². The Kier molecular flexibility index (Phi) is 3.50. The van der Waals surface area contributed by atoms with Crippen molar-refractivity contribution in [3.8, 4) is 0 Å². The van der Waals surface area contributed by atoms with E-state index in [0.29, 0.717) is 5.92 Å².